The molecule has 0 saturated carbocycles. The van der Waals surface area contributed by atoms with Crippen LogP contribution in [0.5, 0.6) is 0 Å². The van der Waals surface area contributed by atoms with Crippen molar-refractivity contribution < 1.29 is 9.50 Å². The second kappa shape index (κ2) is 6.97. The van der Waals surface area contributed by atoms with E-state index in [4.69, 9.17) is 0 Å². The lowest BCUT2D eigenvalue weighted by molar-refractivity contribution is 0.105. The molecule has 108 valence electrons. The minimum absolute atomic E-state index is 0.297. The van der Waals surface area contributed by atoms with Crippen molar-refractivity contribution in [3.8, 4) is 0 Å². The van der Waals surface area contributed by atoms with E-state index < -0.39 is 6.10 Å². The number of hydrogen-bond donors (Lipinski definition) is 1. The van der Waals surface area contributed by atoms with Gasteiger partial charge in [0.05, 0.1) is 6.10 Å². The highest BCUT2D eigenvalue weighted by Crippen LogP contribution is 2.19. The second-order valence-electron chi connectivity index (χ2n) is 5.16. The number of halogens is 1. The Hall–Kier alpha value is -1.23. The molecule has 0 aliphatic carbocycles. The van der Waals surface area contributed by atoms with Gasteiger partial charge in [0.25, 0.3) is 0 Å². The number of rotatable bonds is 6. The second-order valence-corrected chi connectivity index (χ2v) is 5.94. The molecule has 2 aromatic rings. The minimum Gasteiger partial charge on any atom is -0.387 e. The molecule has 2 atom stereocenters. The zero-order chi connectivity index (χ0) is 14.5. The molecule has 1 aromatic carbocycles. The molecule has 2 unspecified atom stereocenters. The van der Waals surface area contributed by atoms with Gasteiger partial charge in [-0.2, -0.15) is 11.3 Å². The maximum atomic E-state index is 13.6. The van der Waals surface area contributed by atoms with Gasteiger partial charge in [-0.25, -0.2) is 4.39 Å². The molecule has 0 amide bonds. The third-order valence-corrected chi connectivity index (χ3v) is 4.32. The topological polar surface area (TPSA) is 23.5 Å². The highest BCUT2D eigenvalue weighted by atomic mass is 32.1. The fraction of sp³-hybridized carbons (Fsp3) is 0.375. The average molecular weight is 293 g/mol. The van der Waals surface area contributed by atoms with E-state index in [9.17, 15) is 9.50 Å². The van der Waals surface area contributed by atoms with Crippen LogP contribution in [0.25, 0.3) is 0 Å². The van der Waals surface area contributed by atoms with Crippen molar-refractivity contribution >= 4 is 11.3 Å². The van der Waals surface area contributed by atoms with Gasteiger partial charge in [-0.1, -0.05) is 18.2 Å². The standard InChI is InChI=1S/C16H20FNOS/c1-12(9-13-7-8-20-11-13)18(2)10-16(19)14-5-3-4-6-15(14)17/h3-8,11-12,16,19H,9-10H2,1-2H3. The van der Waals surface area contributed by atoms with Crippen molar-refractivity contribution in [3.63, 3.8) is 0 Å². The fourth-order valence-corrected chi connectivity index (χ4v) is 2.88. The van der Waals surface area contributed by atoms with E-state index in [1.165, 1.54) is 11.6 Å². The van der Waals surface area contributed by atoms with Gasteiger partial charge in [0, 0.05) is 18.2 Å². The van der Waals surface area contributed by atoms with E-state index >= 15 is 0 Å². The molecule has 2 nitrogen and oxygen atoms in total. The lowest BCUT2D eigenvalue weighted by Crippen LogP contribution is -2.34. The molecule has 2 rings (SSSR count). The van der Waals surface area contributed by atoms with Gasteiger partial charge in [0.2, 0.25) is 0 Å². The molecule has 4 heteroatoms. The Morgan fingerprint density at radius 1 is 1.30 bits per heavy atom. The number of aliphatic hydroxyl groups is 1. The molecule has 1 N–H and O–H groups in total. The van der Waals surface area contributed by atoms with Crippen molar-refractivity contribution in [2.75, 3.05) is 13.6 Å². The molecule has 0 spiro atoms. The highest BCUT2D eigenvalue weighted by molar-refractivity contribution is 7.07. The summed E-state index contributed by atoms with van der Waals surface area (Å²) in [6.45, 7) is 2.54. The summed E-state index contributed by atoms with van der Waals surface area (Å²) in [7, 11) is 1.96. The smallest absolute Gasteiger partial charge is 0.129 e. The van der Waals surface area contributed by atoms with Crippen LogP contribution in [0, 0.1) is 5.82 Å². The van der Waals surface area contributed by atoms with Crippen molar-refractivity contribution in [2.24, 2.45) is 0 Å². The van der Waals surface area contributed by atoms with Crippen LogP contribution in [-0.2, 0) is 6.42 Å². The van der Waals surface area contributed by atoms with Gasteiger partial charge >= 0.3 is 0 Å². The van der Waals surface area contributed by atoms with Gasteiger partial charge < -0.3 is 10.0 Å². The number of aliphatic hydroxyl groups excluding tert-OH is 1. The molecule has 0 radical (unpaired) electrons. The summed E-state index contributed by atoms with van der Waals surface area (Å²) < 4.78 is 13.6. The molecule has 0 fully saturated rings. The van der Waals surface area contributed by atoms with E-state index in [0.717, 1.165) is 6.42 Å². The molecular weight excluding hydrogens is 273 g/mol. The van der Waals surface area contributed by atoms with Crippen LogP contribution in [0.1, 0.15) is 24.2 Å². The first-order valence-electron chi connectivity index (χ1n) is 6.71. The third kappa shape index (κ3) is 3.88. The normalized spacial score (nSPS) is 14.4. The Labute approximate surface area is 123 Å². The lowest BCUT2D eigenvalue weighted by Gasteiger charge is -2.27. The molecule has 0 aliphatic heterocycles. The average Bonchev–Trinajstić information content (AvgIpc) is 2.91. The van der Waals surface area contributed by atoms with E-state index in [0.29, 0.717) is 18.2 Å². The molecule has 20 heavy (non-hydrogen) atoms. The maximum Gasteiger partial charge on any atom is 0.129 e. The van der Waals surface area contributed by atoms with Crippen LogP contribution >= 0.6 is 11.3 Å². The Balaban J connectivity index is 1.93. The number of nitrogens with zero attached hydrogens (tertiary/aromatic N) is 1. The monoisotopic (exact) mass is 293 g/mol. The third-order valence-electron chi connectivity index (χ3n) is 3.59. The van der Waals surface area contributed by atoms with Crippen LogP contribution in [-0.4, -0.2) is 29.6 Å². The van der Waals surface area contributed by atoms with Gasteiger partial charge in [0.15, 0.2) is 0 Å². The summed E-state index contributed by atoms with van der Waals surface area (Å²) in [5.74, 6) is -0.348. The van der Waals surface area contributed by atoms with E-state index in [2.05, 4.69) is 28.7 Å². The van der Waals surface area contributed by atoms with Gasteiger partial charge in [0.1, 0.15) is 5.82 Å². The predicted molar refractivity (Wildman–Crippen MR) is 81.5 cm³/mol. The van der Waals surface area contributed by atoms with Crippen molar-refractivity contribution in [3.05, 3.63) is 58.0 Å². The number of likely N-dealkylation sites (N-methyl/N-ethyl adjacent to an activating group) is 1. The fourth-order valence-electron chi connectivity index (χ4n) is 2.20. The molecule has 1 aromatic heterocycles. The van der Waals surface area contributed by atoms with Crippen LogP contribution in [0.3, 0.4) is 0 Å². The maximum absolute atomic E-state index is 13.6. The number of thiophene rings is 1. The van der Waals surface area contributed by atoms with Crippen molar-refractivity contribution in [2.45, 2.75) is 25.5 Å². The summed E-state index contributed by atoms with van der Waals surface area (Å²) in [5.41, 5.74) is 1.66. The Morgan fingerprint density at radius 2 is 2.05 bits per heavy atom. The summed E-state index contributed by atoms with van der Waals surface area (Å²) in [6.07, 6.45) is 0.135. The quantitative estimate of drug-likeness (QED) is 0.881. The highest BCUT2D eigenvalue weighted by Gasteiger charge is 2.18. The van der Waals surface area contributed by atoms with Crippen LogP contribution in [0.15, 0.2) is 41.1 Å². The largest absolute Gasteiger partial charge is 0.387 e. The summed E-state index contributed by atoms with van der Waals surface area (Å²) in [6, 6.07) is 8.81. The summed E-state index contributed by atoms with van der Waals surface area (Å²) in [4.78, 5) is 2.06. The van der Waals surface area contributed by atoms with E-state index in [1.807, 2.05) is 7.05 Å². The Morgan fingerprint density at radius 3 is 2.70 bits per heavy atom. The molecule has 0 bridgehead atoms. The van der Waals surface area contributed by atoms with Crippen molar-refractivity contribution in [1.82, 2.24) is 4.90 Å². The lowest BCUT2D eigenvalue weighted by atomic mass is 10.1. The first-order valence-corrected chi connectivity index (χ1v) is 7.66. The minimum atomic E-state index is -0.800. The predicted octanol–water partition coefficient (Wildman–Crippen LogP) is 3.48. The van der Waals surface area contributed by atoms with Crippen LogP contribution in [0.4, 0.5) is 4.39 Å². The van der Waals surface area contributed by atoms with E-state index in [-0.39, 0.29) is 5.82 Å². The Bertz CT molecular complexity index is 529. The van der Waals surface area contributed by atoms with Crippen LogP contribution in [0.2, 0.25) is 0 Å². The van der Waals surface area contributed by atoms with E-state index in [1.54, 1.807) is 29.5 Å². The zero-order valence-electron chi connectivity index (χ0n) is 11.8. The SMILES string of the molecule is CC(Cc1ccsc1)N(C)CC(O)c1ccccc1F. The summed E-state index contributed by atoms with van der Waals surface area (Å²) >= 11 is 1.69. The number of hydrogen-bond acceptors (Lipinski definition) is 3. The number of benzene rings is 1. The van der Waals surface area contributed by atoms with Gasteiger partial charge in [-0.05, 0) is 48.8 Å². The van der Waals surface area contributed by atoms with Crippen LogP contribution < -0.4 is 0 Å². The zero-order valence-corrected chi connectivity index (χ0v) is 12.6. The van der Waals surface area contributed by atoms with Gasteiger partial charge in [-0.3, -0.25) is 0 Å². The van der Waals surface area contributed by atoms with Crippen molar-refractivity contribution in [1.29, 1.82) is 0 Å². The molecule has 1 heterocycles. The first kappa shape index (κ1) is 15.2. The first-order chi connectivity index (χ1) is 9.58. The molecule has 0 aliphatic rings. The summed E-state index contributed by atoms with van der Waals surface area (Å²) in [5, 5.41) is 14.4. The molecular formula is C16H20FNOS. The Kier molecular flexibility index (Phi) is 5.29. The molecule has 0 saturated heterocycles. The van der Waals surface area contributed by atoms with Gasteiger partial charge in [-0.15, -0.1) is 0 Å².